The van der Waals surface area contributed by atoms with Crippen molar-refractivity contribution in [2.75, 3.05) is 0 Å². The molecular formula is C14H10ClN3. The van der Waals surface area contributed by atoms with Crippen LogP contribution in [0.1, 0.15) is 5.56 Å². The van der Waals surface area contributed by atoms with E-state index >= 15 is 0 Å². The van der Waals surface area contributed by atoms with E-state index in [0.717, 1.165) is 16.6 Å². The average Bonchev–Trinajstić information content (AvgIpc) is 2.79. The number of hydrogen-bond donors (Lipinski definition) is 1. The number of benzene rings is 2. The molecule has 0 bridgehead atoms. The fourth-order valence-corrected chi connectivity index (χ4v) is 1.92. The molecule has 1 heterocycles. The number of halogens is 1. The Hall–Kier alpha value is -2.13. The fraction of sp³-hybridized carbons (Fsp3) is 0. The molecule has 18 heavy (non-hydrogen) atoms. The van der Waals surface area contributed by atoms with E-state index in [1.165, 1.54) is 0 Å². The van der Waals surface area contributed by atoms with Gasteiger partial charge >= 0.3 is 0 Å². The summed E-state index contributed by atoms with van der Waals surface area (Å²) in [5.74, 6) is 0.594. The molecule has 0 aliphatic rings. The van der Waals surface area contributed by atoms with E-state index in [1.807, 2.05) is 48.5 Å². The first-order valence-corrected chi connectivity index (χ1v) is 5.93. The lowest BCUT2D eigenvalue weighted by Gasteiger charge is -1.92. The van der Waals surface area contributed by atoms with Crippen LogP contribution in [0, 0.1) is 0 Å². The molecule has 0 aliphatic heterocycles. The predicted molar refractivity (Wildman–Crippen MR) is 74.8 cm³/mol. The molecule has 0 unspecified atom stereocenters. The zero-order valence-electron chi connectivity index (χ0n) is 9.47. The molecule has 0 saturated carbocycles. The van der Waals surface area contributed by atoms with Crippen LogP contribution in [0.25, 0.3) is 11.0 Å². The zero-order chi connectivity index (χ0) is 12.4. The summed E-state index contributed by atoms with van der Waals surface area (Å²) in [6.07, 6.45) is 1.74. The zero-order valence-corrected chi connectivity index (χ0v) is 10.2. The number of fused-ring (bicyclic) bond motifs is 1. The molecule has 0 fully saturated rings. The van der Waals surface area contributed by atoms with E-state index in [4.69, 9.17) is 11.6 Å². The van der Waals surface area contributed by atoms with Crippen molar-refractivity contribution >= 4 is 34.8 Å². The summed E-state index contributed by atoms with van der Waals surface area (Å²) in [5.41, 5.74) is 2.84. The van der Waals surface area contributed by atoms with Crippen LogP contribution >= 0.6 is 11.6 Å². The quantitative estimate of drug-likeness (QED) is 0.692. The molecular weight excluding hydrogens is 246 g/mol. The molecule has 0 aliphatic carbocycles. The maximum atomic E-state index is 5.91. The normalized spacial score (nSPS) is 11.4. The van der Waals surface area contributed by atoms with Crippen LogP contribution < -0.4 is 0 Å². The number of imidazole rings is 1. The van der Waals surface area contributed by atoms with Gasteiger partial charge in [-0.3, -0.25) is 0 Å². The van der Waals surface area contributed by atoms with Crippen molar-refractivity contribution in [2.24, 2.45) is 4.99 Å². The van der Waals surface area contributed by atoms with Gasteiger partial charge in [0.15, 0.2) is 0 Å². The summed E-state index contributed by atoms with van der Waals surface area (Å²) in [6, 6.07) is 15.4. The molecule has 0 spiro atoms. The van der Waals surface area contributed by atoms with Gasteiger partial charge in [0.05, 0.1) is 11.0 Å². The summed E-state index contributed by atoms with van der Waals surface area (Å²) >= 11 is 5.91. The van der Waals surface area contributed by atoms with E-state index in [9.17, 15) is 0 Å². The smallest absolute Gasteiger partial charge is 0.227 e. The maximum absolute atomic E-state index is 5.91. The van der Waals surface area contributed by atoms with Gasteiger partial charge in [0, 0.05) is 11.2 Å². The summed E-state index contributed by atoms with van der Waals surface area (Å²) in [4.78, 5) is 11.8. The second-order valence-corrected chi connectivity index (χ2v) is 4.33. The van der Waals surface area contributed by atoms with Gasteiger partial charge in [0.25, 0.3) is 0 Å². The van der Waals surface area contributed by atoms with Crippen LogP contribution in [0.3, 0.4) is 0 Å². The van der Waals surface area contributed by atoms with E-state index in [1.54, 1.807) is 6.21 Å². The minimum atomic E-state index is 0.594. The van der Waals surface area contributed by atoms with Crippen LogP contribution in [0.4, 0.5) is 5.95 Å². The second-order valence-electron chi connectivity index (χ2n) is 3.89. The summed E-state index contributed by atoms with van der Waals surface area (Å²) in [5, 5.41) is 0.698. The third-order valence-electron chi connectivity index (χ3n) is 2.56. The molecule has 4 heteroatoms. The Kier molecular flexibility index (Phi) is 2.82. The van der Waals surface area contributed by atoms with Crippen LogP contribution in [0.5, 0.6) is 0 Å². The van der Waals surface area contributed by atoms with Crippen molar-refractivity contribution in [3.63, 3.8) is 0 Å². The highest BCUT2D eigenvalue weighted by molar-refractivity contribution is 6.30. The second kappa shape index (κ2) is 4.63. The van der Waals surface area contributed by atoms with Crippen LogP contribution in [0.15, 0.2) is 53.5 Å². The van der Waals surface area contributed by atoms with Crippen molar-refractivity contribution in [3.05, 3.63) is 59.1 Å². The van der Waals surface area contributed by atoms with Gasteiger partial charge in [-0.1, -0.05) is 35.9 Å². The predicted octanol–water partition coefficient (Wildman–Crippen LogP) is 3.97. The monoisotopic (exact) mass is 255 g/mol. The van der Waals surface area contributed by atoms with E-state index in [0.29, 0.717) is 11.0 Å². The summed E-state index contributed by atoms with van der Waals surface area (Å²) in [6.45, 7) is 0. The Balaban J connectivity index is 1.92. The number of nitrogens with zero attached hydrogens (tertiary/aromatic N) is 2. The highest BCUT2D eigenvalue weighted by Gasteiger charge is 1.98. The largest absolute Gasteiger partial charge is 0.322 e. The molecule has 1 N–H and O–H groups in total. The minimum absolute atomic E-state index is 0.594. The molecule has 0 amide bonds. The van der Waals surface area contributed by atoms with Gasteiger partial charge in [-0.15, -0.1) is 0 Å². The Morgan fingerprint density at radius 2 is 2.00 bits per heavy atom. The maximum Gasteiger partial charge on any atom is 0.227 e. The lowest BCUT2D eigenvalue weighted by molar-refractivity contribution is 1.27. The van der Waals surface area contributed by atoms with Crippen molar-refractivity contribution in [1.82, 2.24) is 9.97 Å². The van der Waals surface area contributed by atoms with Crippen LogP contribution in [-0.4, -0.2) is 16.2 Å². The van der Waals surface area contributed by atoms with Crippen molar-refractivity contribution in [3.8, 4) is 0 Å². The first-order chi connectivity index (χ1) is 8.81. The molecule has 0 radical (unpaired) electrons. The lowest BCUT2D eigenvalue weighted by Crippen LogP contribution is -1.79. The van der Waals surface area contributed by atoms with Gasteiger partial charge < -0.3 is 4.98 Å². The third kappa shape index (κ3) is 2.26. The summed E-state index contributed by atoms with van der Waals surface area (Å²) < 4.78 is 0. The first-order valence-electron chi connectivity index (χ1n) is 5.56. The van der Waals surface area contributed by atoms with E-state index < -0.39 is 0 Å². The first kappa shape index (κ1) is 11.0. The molecule has 3 aromatic rings. The minimum Gasteiger partial charge on any atom is -0.322 e. The Labute approximate surface area is 109 Å². The molecule has 1 aromatic heterocycles. The number of aromatic nitrogens is 2. The molecule has 3 nitrogen and oxygen atoms in total. The number of aliphatic imine (C=N–C) groups is 1. The SMILES string of the molecule is Clc1cccc(C=Nc2nc3ccccc3[nH]2)c1. The Bertz CT molecular complexity index is 683. The summed E-state index contributed by atoms with van der Waals surface area (Å²) in [7, 11) is 0. The third-order valence-corrected chi connectivity index (χ3v) is 2.80. The molecule has 0 atom stereocenters. The van der Waals surface area contributed by atoms with Crippen molar-refractivity contribution < 1.29 is 0 Å². The number of H-pyrrole nitrogens is 1. The van der Waals surface area contributed by atoms with Gasteiger partial charge in [0.2, 0.25) is 5.95 Å². The van der Waals surface area contributed by atoms with Gasteiger partial charge in [-0.25, -0.2) is 9.98 Å². The number of nitrogens with one attached hydrogen (secondary N) is 1. The lowest BCUT2D eigenvalue weighted by atomic mass is 10.2. The molecule has 0 saturated heterocycles. The average molecular weight is 256 g/mol. The Morgan fingerprint density at radius 3 is 2.83 bits per heavy atom. The standard InChI is InChI=1S/C14H10ClN3/c15-11-5-3-4-10(8-11)9-16-14-17-12-6-1-2-7-13(12)18-14/h1-9H,(H,17,18). The Morgan fingerprint density at radius 1 is 1.11 bits per heavy atom. The number of rotatable bonds is 2. The van der Waals surface area contributed by atoms with Crippen molar-refractivity contribution in [1.29, 1.82) is 0 Å². The molecule has 3 rings (SSSR count). The van der Waals surface area contributed by atoms with E-state index in [-0.39, 0.29) is 0 Å². The van der Waals surface area contributed by atoms with Gasteiger partial charge in [-0.05, 0) is 29.8 Å². The van der Waals surface area contributed by atoms with Gasteiger partial charge in [0.1, 0.15) is 0 Å². The van der Waals surface area contributed by atoms with Crippen LogP contribution in [-0.2, 0) is 0 Å². The number of hydrogen-bond acceptors (Lipinski definition) is 2. The topological polar surface area (TPSA) is 41.0 Å². The van der Waals surface area contributed by atoms with Crippen molar-refractivity contribution in [2.45, 2.75) is 0 Å². The van der Waals surface area contributed by atoms with Crippen LogP contribution in [0.2, 0.25) is 5.02 Å². The highest BCUT2D eigenvalue weighted by atomic mass is 35.5. The van der Waals surface area contributed by atoms with E-state index in [2.05, 4.69) is 15.0 Å². The number of para-hydroxylation sites is 2. The molecule has 2 aromatic carbocycles. The fourth-order valence-electron chi connectivity index (χ4n) is 1.72. The number of aromatic amines is 1. The molecule has 88 valence electrons. The highest BCUT2D eigenvalue weighted by Crippen LogP contribution is 2.16. The van der Waals surface area contributed by atoms with Gasteiger partial charge in [-0.2, -0.15) is 0 Å².